The number of nitrogens with zero attached hydrogens (tertiary/aromatic N) is 4. The quantitative estimate of drug-likeness (QED) is 0.390. The predicted octanol–water partition coefficient (Wildman–Crippen LogP) is 3.81. The van der Waals surface area contributed by atoms with E-state index in [1.165, 1.54) is 6.33 Å². The van der Waals surface area contributed by atoms with Crippen LogP contribution in [0.3, 0.4) is 0 Å². The Labute approximate surface area is 223 Å². The topological polar surface area (TPSA) is 109 Å². The van der Waals surface area contributed by atoms with E-state index < -0.39 is 0 Å². The van der Waals surface area contributed by atoms with Crippen molar-refractivity contribution in [3.63, 3.8) is 0 Å². The monoisotopic (exact) mass is 513 g/mol. The number of ether oxygens (including phenoxy) is 1. The number of hydrazine groups is 1. The van der Waals surface area contributed by atoms with Crippen molar-refractivity contribution >= 4 is 17.5 Å². The summed E-state index contributed by atoms with van der Waals surface area (Å²) < 4.78 is 5.96. The van der Waals surface area contributed by atoms with Gasteiger partial charge in [-0.3, -0.25) is 9.80 Å². The summed E-state index contributed by atoms with van der Waals surface area (Å²) in [6.07, 6.45) is 8.71. The minimum atomic E-state index is -0.156. The number of carbonyl (C=O) groups excluding carboxylic acids is 1. The molecule has 0 spiro atoms. The van der Waals surface area contributed by atoms with Gasteiger partial charge in [-0.1, -0.05) is 36.4 Å². The highest BCUT2D eigenvalue weighted by Crippen LogP contribution is 2.41. The summed E-state index contributed by atoms with van der Waals surface area (Å²) in [7, 11) is 3.96. The Hall–Kier alpha value is -3.95. The number of aromatic nitrogens is 2. The lowest BCUT2D eigenvalue weighted by atomic mass is 9.90. The number of anilines is 2. The minimum Gasteiger partial charge on any atom is -0.457 e. The van der Waals surface area contributed by atoms with E-state index in [4.69, 9.17) is 10.5 Å². The lowest BCUT2D eigenvalue weighted by molar-refractivity contribution is -0.117. The number of benzene rings is 2. The van der Waals surface area contributed by atoms with Crippen molar-refractivity contribution in [3.05, 3.63) is 84.2 Å². The van der Waals surface area contributed by atoms with Gasteiger partial charge in [0.05, 0.1) is 11.6 Å². The number of rotatable bonds is 8. The molecule has 4 N–H and O–H groups in total. The van der Waals surface area contributed by atoms with Crippen molar-refractivity contribution in [1.82, 2.24) is 25.6 Å². The molecule has 1 saturated carbocycles. The lowest BCUT2D eigenvalue weighted by Gasteiger charge is -2.35. The van der Waals surface area contributed by atoms with Crippen LogP contribution in [0.5, 0.6) is 11.5 Å². The van der Waals surface area contributed by atoms with Crippen LogP contribution < -0.4 is 26.2 Å². The highest BCUT2D eigenvalue weighted by atomic mass is 16.5. The summed E-state index contributed by atoms with van der Waals surface area (Å²) in [5, 5.41) is 5.30. The Morgan fingerprint density at radius 3 is 2.50 bits per heavy atom. The van der Waals surface area contributed by atoms with Gasteiger partial charge in [0.2, 0.25) is 5.91 Å². The van der Waals surface area contributed by atoms with Crippen LogP contribution in [0, 0.1) is 0 Å². The third-order valence-corrected chi connectivity index (χ3v) is 7.02. The van der Waals surface area contributed by atoms with Crippen LogP contribution >= 0.6 is 0 Å². The van der Waals surface area contributed by atoms with Crippen LogP contribution in [-0.2, 0) is 4.79 Å². The number of carbonyl (C=O) groups is 1. The summed E-state index contributed by atoms with van der Waals surface area (Å²) in [5.41, 5.74) is 12.0. The summed E-state index contributed by atoms with van der Waals surface area (Å²) in [4.78, 5) is 23.2. The van der Waals surface area contributed by atoms with Gasteiger partial charge in [0, 0.05) is 24.7 Å². The lowest BCUT2D eigenvalue weighted by Crippen LogP contribution is -2.48. The van der Waals surface area contributed by atoms with Gasteiger partial charge in [-0.2, -0.15) is 0 Å². The molecule has 2 aromatic carbocycles. The molecule has 2 heterocycles. The molecule has 1 fully saturated rings. The molecule has 9 nitrogen and oxygen atoms in total. The van der Waals surface area contributed by atoms with Crippen LogP contribution in [0.2, 0.25) is 0 Å². The van der Waals surface area contributed by atoms with Crippen molar-refractivity contribution in [2.75, 3.05) is 31.4 Å². The molecule has 1 aliphatic carbocycles. The van der Waals surface area contributed by atoms with Gasteiger partial charge in [0.25, 0.3) is 0 Å². The second-order valence-electron chi connectivity index (χ2n) is 10.1. The zero-order valence-corrected chi connectivity index (χ0v) is 21.9. The van der Waals surface area contributed by atoms with Gasteiger partial charge < -0.3 is 20.7 Å². The first-order valence-corrected chi connectivity index (χ1v) is 13.1. The van der Waals surface area contributed by atoms with Crippen molar-refractivity contribution in [3.8, 4) is 11.5 Å². The summed E-state index contributed by atoms with van der Waals surface area (Å²) in [6.45, 7) is 0.745. The Balaban J connectivity index is 1.24. The summed E-state index contributed by atoms with van der Waals surface area (Å²) >= 11 is 0. The first kappa shape index (κ1) is 25.7. The average Bonchev–Trinajstić information content (AvgIpc) is 3.31. The molecule has 3 aromatic rings. The van der Waals surface area contributed by atoms with E-state index in [0.717, 1.165) is 60.7 Å². The van der Waals surface area contributed by atoms with Crippen LogP contribution in [-0.4, -0.2) is 53.5 Å². The first-order chi connectivity index (χ1) is 18.5. The number of amides is 1. The van der Waals surface area contributed by atoms with Gasteiger partial charge in [-0.05, 0) is 69.6 Å². The maximum absolute atomic E-state index is 12.3. The van der Waals surface area contributed by atoms with Crippen molar-refractivity contribution in [1.29, 1.82) is 0 Å². The van der Waals surface area contributed by atoms with Crippen LogP contribution in [0.25, 0.3) is 0 Å². The van der Waals surface area contributed by atoms with Gasteiger partial charge >= 0.3 is 0 Å². The zero-order valence-electron chi connectivity index (χ0n) is 21.9. The van der Waals surface area contributed by atoms with E-state index in [9.17, 15) is 4.79 Å². The molecule has 1 aromatic heterocycles. The van der Waals surface area contributed by atoms with E-state index in [-0.39, 0.29) is 24.0 Å². The summed E-state index contributed by atoms with van der Waals surface area (Å²) in [5.74, 6) is 2.84. The van der Waals surface area contributed by atoms with Crippen molar-refractivity contribution in [2.45, 2.75) is 43.8 Å². The Morgan fingerprint density at radius 1 is 1.08 bits per heavy atom. The normalized spacial score (nSPS) is 21.0. The molecule has 1 unspecified atom stereocenters. The number of nitrogens with one attached hydrogen (secondary N) is 2. The van der Waals surface area contributed by atoms with E-state index in [1.807, 2.05) is 79.7 Å². The second kappa shape index (κ2) is 11.6. The fourth-order valence-corrected chi connectivity index (χ4v) is 5.10. The minimum absolute atomic E-state index is 0.0276. The number of nitrogen functional groups attached to an aromatic ring is 1. The highest BCUT2D eigenvalue weighted by Gasteiger charge is 2.38. The van der Waals surface area contributed by atoms with Crippen molar-refractivity contribution < 1.29 is 9.53 Å². The fraction of sp³-hybridized carbons (Fsp3) is 0.345. The largest absolute Gasteiger partial charge is 0.457 e. The third kappa shape index (κ3) is 5.95. The number of hydrogen-bond acceptors (Lipinski definition) is 8. The molecule has 198 valence electrons. The molecule has 1 aliphatic heterocycles. The molecular weight excluding hydrogens is 478 g/mol. The predicted molar refractivity (Wildman–Crippen MR) is 149 cm³/mol. The molecule has 0 radical (unpaired) electrons. The average molecular weight is 514 g/mol. The number of hydrogen-bond donors (Lipinski definition) is 3. The molecule has 38 heavy (non-hydrogen) atoms. The second-order valence-corrected chi connectivity index (χ2v) is 10.1. The Kier molecular flexibility index (Phi) is 7.86. The standard InChI is InChI=1S/C29H35N7O2/c1-35(2)18-6-9-25(37)33-21-12-14-22(15-13-21)36-29-26(28(30)31-19-32-29)27(34-36)20-10-16-24(17-11-20)38-23-7-4-3-5-8-23/h3-11,16-17,19,21-22,27,34H,12-15,18H2,1-2H3,(H,33,37)(H2,30,31,32)/b9-6+. The number of likely N-dealkylation sites (N-methyl/N-ethyl adjacent to an activating group) is 1. The first-order valence-electron chi connectivity index (χ1n) is 13.1. The number of nitrogens with two attached hydrogens (primary N) is 1. The van der Waals surface area contributed by atoms with Gasteiger partial charge in [0.15, 0.2) is 5.82 Å². The molecule has 0 saturated heterocycles. The smallest absolute Gasteiger partial charge is 0.243 e. The van der Waals surface area contributed by atoms with Crippen LogP contribution in [0.4, 0.5) is 11.6 Å². The third-order valence-electron chi connectivity index (χ3n) is 7.02. The number of fused-ring (bicyclic) bond motifs is 1. The Morgan fingerprint density at radius 2 is 1.79 bits per heavy atom. The highest BCUT2D eigenvalue weighted by molar-refractivity contribution is 5.87. The SMILES string of the molecule is CN(C)C/C=C/C(=O)NC1CCC(N2NC(c3ccc(Oc4ccccc4)cc3)c3c(N)ncnc32)CC1. The van der Waals surface area contributed by atoms with E-state index in [1.54, 1.807) is 6.08 Å². The molecule has 9 heteroatoms. The fourth-order valence-electron chi connectivity index (χ4n) is 5.10. The van der Waals surface area contributed by atoms with Gasteiger partial charge in [-0.25, -0.2) is 15.4 Å². The molecule has 2 aliphatic rings. The van der Waals surface area contributed by atoms with E-state index in [2.05, 4.69) is 25.7 Å². The van der Waals surface area contributed by atoms with Crippen LogP contribution in [0.15, 0.2) is 73.1 Å². The van der Waals surface area contributed by atoms with Crippen LogP contribution in [0.1, 0.15) is 42.9 Å². The molecule has 5 rings (SSSR count). The molecule has 1 atom stereocenters. The molecule has 1 amide bonds. The molecule has 0 bridgehead atoms. The van der Waals surface area contributed by atoms with E-state index in [0.29, 0.717) is 5.82 Å². The van der Waals surface area contributed by atoms with E-state index >= 15 is 0 Å². The van der Waals surface area contributed by atoms with Gasteiger partial charge in [0.1, 0.15) is 23.6 Å². The summed E-state index contributed by atoms with van der Waals surface area (Å²) in [6, 6.07) is 18.0. The van der Waals surface area contributed by atoms with Gasteiger partial charge in [-0.15, -0.1) is 0 Å². The van der Waals surface area contributed by atoms with Crippen molar-refractivity contribution in [2.24, 2.45) is 0 Å². The maximum Gasteiger partial charge on any atom is 0.243 e. The number of para-hydroxylation sites is 1. The maximum atomic E-state index is 12.3. The zero-order chi connectivity index (χ0) is 26.5. The molecular formula is C29H35N7O2. The Bertz CT molecular complexity index is 1260.